The van der Waals surface area contributed by atoms with Gasteiger partial charge in [0.2, 0.25) is 5.88 Å². The van der Waals surface area contributed by atoms with E-state index in [9.17, 15) is 18.0 Å². The van der Waals surface area contributed by atoms with Crippen molar-refractivity contribution in [3.8, 4) is 22.9 Å². The topological polar surface area (TPSA) is 92.8 Å². The number of hydrogen-bond acceptors (Lipinski definition) is 5. The molecule has 0 spiro atoms. The molecule has 1 saturated carbocycles. The number of alkyl halides is 3. The third-order valence-electron chi connectivity index (χ3n) is 7.03. The minimum atomic E-state index is -4.44. The summed E-state index contributed by atoms with van der Waals surface area (Å²) in [4.78, 5) is 21.1. The summed E-state index contributed by atoms with van der Waals surface area (Å²) < 4.78 is 43.9. The van der Waals surface area contributed by atoms with Crippen LogP contribution in [-0.4, -0.2) is 32.1 Å². The summed E-state index contributed by atoms with van der Waals surface area (Å²) in [5.74, 6) is 0.718. The molecule has 1 aromatic carbocycles. The highest BCUT2D eigenvalue weighted by atomic mass is 19.4. The Bertz CT molecular complexity index is 1520. The molecular weight excluding hydrogens is 531 g/mol. The molecule has 1 aliphatic rings. The highest BCUT2D eigenvalue weighted by Gasteiger charge is 2.30. The van der Waals surface area contributed by atoms with Crippen molar-refractivity contribution in [1.29, 1.82) is 0 Å². The van der Waals surface area contributed by atoms with Gasteiger partial charge in [-0.05, 0) is 67.5 Å². The average molecular weight is 562 g/mol. The summed E-state index contributed by atoms with van der Waals surface area (Å²) in [5, 5.41) is 10.3. The Labute approximate surface area is 235 Å². The van der Waals surface area contributed by atoms with Crippen molar-refractivity contribution >= 4 is 12.0 Å². The molecule has 3 aromatic heterocycles. The largest absolute Gasteiger partial charge is 0.439 e. The van der Waals surface area contributed by atoms with Crippen molar-refractivity contribution in [2.75, 3.05) is 0 Å². The number of ether oxygens (including phenoxy) is 1. The standard InChI is InChI=1S/C31H30F3N5O2/c1-19(2)29-26(18-37-39-29)27-12-8-22(16-35-27)30(40)38-24-10-6-20(7-11-24)14-21-4-3-5-25(15-21)41-28-13-9-23(17-36-28)31(32,33)34/h3-5,8-9,12-19,24H,6-7,10-11H2,1-2H3,(H,37,39)(H,38,40). The van der Waals surface area contributed by atoms with Gasteiger partial charge in [-0.3, -0.25) is 14.9 Å². The molecule has 2 N–H and O–H groups in total. The lowest BCUT2D eigenvalue weighted by molar-refractivity contribution is -0.137. The molecule has 0 atom stereocenters. The van der Waals surface area contributed by atoms with Crippen LogP contribution in [0.5, 0.6) is 11.6 Å². The van der Waals surface area contributed by atoms with E-state index in [0.717, 1.165) is 60.5 Å². The monoisotopic (exact) mass is 561 g/mol. The Morgan fingerprint density at radius 3 is 2.51 bits per heavy atom. The summed E-state index contributed by atoms with van der Waals surface area (Å²) in [6.07, 6.45) is 5.08. The Hall–Kier alpha value is -4.47. The number of hydrogen-bond donors (Lipinski definition) is 2. The number of aromatic amines is 1. The van der Waals surface area contributed by atoms with Crippen LogP contribution < -0.4 is 10.1 Å². The Kier molecular flexibility index (Phi) is 8.19. The number of rotatable bonds is 7. The van der Waals surface area contributed by atoms with E-state index < -0.39 is 11.7 Å². The fourth-order valence-corrected chi connectivity index (χ4v) is 4.81. The van der Waals surface area contributed by atoms with Crippen LogP contribution in [0.2, 0.25) is 0 Å². The molecule has 5 rings (SSSR count). The first-order valence-corrected chi connectivity index (χ1v) is 13.5. The number of carbonyl (C=O) groups is 1. The number of carbonyl (C=O) groups excluding carboxylic acids is 1. The molecule has 41 heavy (non-hydrogen) atoms. The highest BCUT2D eigenvalue weighted by molar-refractivity contribution is 5.94. The molecule has 1 fully saturated rings. The van der Waals surface area contributed by atoms with Gasteiger partial charge in [-0.2, -0.15) is 18.3 Å². The minimum absolute atomic E-state index is 0.0705. The minimum Gasteiger partial charge on any atom is -0.439 e. The second kappa shape index (κ2) is 12.0. The zero-order valence-corrected chi connectivity index (χ0v) is 22.7. The van der Waals surface area contributed by atoms with E-state index in [1.807, 2.05) is 24.3 Å². The maximum atomic E-state index is 12.9. The number of H-pyrrole nitrogens is 1. The van der Waals surface area contributed by atoms with Crippen molar-refractivity contribution in [3.63, 3.8) is 0 Å². The summed E-state index contributed by atoms with van der Waals surface area (Å²) in [5.41, 5.74) is 4.60. The van der Waals surface area contributed by atoms with Crippen LogP contribution in [0.3, 0.4) is 0 Å². The van der Waals surface area contributed by atoms with Gasteiger partial charge in [0.1, 0.15) is 5.75 Å². The van der Waals surface area contributed by atoms with Crippen LogP contribution in [0.15, 0.2) is 72.7 Å². The Morgan fingerprint density at radius 2 is 1.85 bits per heavy atom. The zero-order valence-electron chi connectivity index (χ0n) is 22.7. The number of amides is 1. The molecule has 10 heteroatoms. The van der Waals surface area contributed by atoms with E-state index >= 15 is 0 Å². The van der Waals surface area contributed by atoms with Gasteiger partial charge in [-0.1, -0.05) is 37.6 Å². The predicted octanol–water partition coefficient (Wildman–Crippen LogP) is 7.56. The molecule has 3 heterocycles. The van der Waals surface area contributed by atoms with Crippen LogP contribution in [0.25, 0.3) is 17.3 Å². The molecule has 212 valence electrons. The van der Waals surface area contributed by atoms with Gasteiger partial charge in [0.25, 0.3) is 5.91 Å². The molecule has 0 saturated heterocycles. The van der Waals surface area contributed by atoms with Crippen LogP contribution in [0, 0.1) is 0 Å². The number of halogens is 3. The summed E-state index contributed by atoms with van der Waals surface area (Å²) in [6, 6.07) is 13.2. The van der Waals surface area contributed by atoms with E-state index in [4.69, 9.17) is 4.74 Å². The first-order chi connectivity index (χ1) is 19.7. The third-order valence-corrected chi connectivity index (χ3v) is 7.03. The Morgan fingerprint density at radius 1 is 1.05 bits per heavy atom. The van der Waals surface area contributed by atoms with E-state index in [-0.39, 0.29) is 23.7 Å². The molecule has 1 aliphatic carbocycles. The quantitative estimate of drug-likeness (QED) is 0.243. The van der Waals surface area contributed by atoms with E-state index in [0.29, 0.717) is 11.3 Å². The second-order valence-corrected chi connectivity index (χ2v) is 10.4. The molecular formula is C31H30F3N5O2. The zero-order chi connectivity index (χ0) is 29.0. The van der Waals surface area contributed by atoms with Crippen molar-refractivity contribution < 1.29 is 22.7 Å². The SMILES string of the molecule is CC(C)c1[nH]ncc1-c1ccc(C(=O)NC2CCC(=Cc3cccc(Oc4ccc(C(F)(F)F)cn4)c3)CC2)cn1. The van der Waals surface area contributed by atoms with Gasteiger partial charge in [0, 0.05) is 35.8 Å². The van der Waals surface area contributed by atoms with E-state index in [1.165, 1.54) is 11.6 Å². The van der Waals surface area contributed by atoms with Crippen molar-refractivity contribution in [1.82, 2.24) is 25.5 Å². The van der Waals surface area contributed by atoms with Crippen LogP contribution in [0.1, 0.15) is 72.6 Å². The lowest BCUT2D eigenvalue weighted by Gasteiger charge is -2.25. The lowest BCUT2D eigenvalue weighted by Crippen LogP contribution is -2.36. The molecule has 0 radical (unpaired) electrons. The number of pyridine rings is 2. The Balaban J connectivity index is 1.14. The lowest BCUT2D eigenvalue weighted by atomic mass is 9.89. The first-order valence-electron chi connectivity index (χ1n) is 13.5. The molecule has 7 nitrogen and oxygen atoms in total. The number of allylic oxidation sites excluding steroid dienone is 1. The van der Waals surface area contributed by atoms with Gasteiger partial charge in [0.05, 0.1) is 23.0 Å². The number of nitrogens with one attached hydrogen (secondary N) is 2. The van der Waals surface area contributed by atoms with Crippen molar-refractivity contribution in [3.05, 3.63) is 95.1 Å². The first kappa shape index (κ1) is 28.1. The summed E-state index contributed by atoms with van der Waals surface area (Å²) >= 11 is 0. The maximum Gasteiger partial charge on any atom is 0.417 e. The van der Waals surface area contributed by atoms with Crippen molar-refractivity contribution in [2.45, 2.75) is 57.7 Å². The van der Waals surface area contributed by atoms with Crippen LogP contribution >= 0.6 is 0 Å². The fraction of sp³-hybridized carbons (Fsp3) is 0.290. The molecule has 0 aliphatic heterocycles. The number of benzene rings is 1. The van der Waals surface area contributed by atoms with Gasteiger partial charge >= 0.3 is 6.18 Å². The maximum absolute atomic E-state index is 12.9. The van der Waals surface area contributed by atoms with E-state index in [2.05, 4.69) is 45.4 Å². The normalized spacial score (nSPS) is 15.6. The van der Waals surface area contributed by atoms with Crippen LogP contribution in [0.4, 0.5) is 13.2 Å². The van der Waals surface area contributed by atoms with Gasteiger partial charge in [-0.25, -0.2) is 4.98 Å². The second-order valence-electron chi connectivity index (χ2n) is 10.4. The summed E-state index contributed by atoms with van der Waals surface area (Å²) in [6.45, 7) is 4.17. The third kappa shape index (κ3) is 7.00. The smallest absolute Gasteiger partial charge is 0.417 e. The molecule has 1 amide bonds. The molecule has 0 bridgehead atoms. The highest BCUT2D eigenvalue weighted by Crippen LogP contribution is 2.31. The number of aromatic nitrogens is 4. The van der Waals surface area contributed by atoms with Gasteiger partial charge in [0.15, 0.2) is 0 Å². The van der Waals surface area contributed by atoms with Gasteiger partial charge in [-0.15, -0.1) is 0 Å². The predicted molar refractivity (Wildman–Crippen MR) is 149 cm³/mol. The van der Waals surface area contributed by atoms with Crippen LogP contribution in [-0.2, 0) is 6.18 Å². The molecule has 4 aromatic rings. The van der Waals surface area contributed by atoms with E-state index in [1.54, 1.807) is 24.5 Å². The van der Waals surface area contributed by atoms with Gasteiger partial charge < -0.3 is 10.1 Å². The van der Waals surface area contributed by atoms with Crippen molar-refractivity contribution in [2.24, 2.45) is 0 Å². The fourth-order valence-electron chi connectivity index (χ4n) is 4.81. The number of nitrogens with zero attached hydrogens (tertiary/aromatic N) is 3. The summed E-state index contributed by atoms with van der Waals surface area (Å²) in [7, 11) is 0. The molecule has 0 unspecified atom stereocenters. The average Bonchev–Trinajstić information content (AvgIpc) is 3.45.